The normalized spacial score (nSPS) is 17.6. The Kier molecular flexibility index (Phi) is 4.75. The van der Waals surface area contributed by atoms with Crippen molar-refractivity contribution in [3.05, 3.63) is 22.4 Å². The summed E-state index contributed by atoms with van der Waals surface area (Å²) in [6.07, 6.45) is 1.60. The van der Waals surface area contributed by atoms with E-state index in [0.29, 0.717) is 0 Å². The summed E-state index contributed by atoms with van der Waals surface area (Å²) in [6, 6.07) is 2.13. The fourth-order valence-corrected chi connectivity index (χ4v) is 4.92. The first kappa shape index (κ1) is 15.1. The van der Waals surface area contributed by atoms with Crippen molar-refractivity contribution in [1.29, 1.82) is 0 Å². The van der Waals surface area contributed by atoms with Gasteiger partial charge < -0.3 is 5.73 Å². The molecule has 1 fully saturated rings. The van der Waals surface area contributed by atoms with Crippen LogP contribution in [0, 0.1) is 5.82 Å². The number of halogens is 2. The summed E-state index contributed by atoms with van der Waals surface area (Å²) in [5.74, 6) is 1.30. The highest BCUT2D eigenvalue weighted by atomic mass is 79.9. The molecule has 0 aliphatic carbocycles. The van der Waals surface area contributed by atoms with Crippen molar-refractivity contribution >= 4 is 43.4 Å². The number of nitrogens with one attached hydrogen (secondary N) is 1. The van der Waals surface area contributed by atoms with Crippen LogP contribution in [0.4, 0.5) is 10.1 Å². The minimum absolute atomic E-state index is 0.0746. The van der Waals surface area contributed by atoms with Gasteiger partial charge in [0.1, 0.15) is 10.7 Å². The summed E-state index contributed by atoms with van der Waals surface area (Å²) in [6.45, 7) is 0. The van der Waals surface area contributed by atoms with Gasteiger partial charge in [-0.15, -0.1) is 0 Å². The van der Waals surface area contributed by atoms with Crippen LogP contribution in [0.5, 0.6) is 0 Å². The van der Waals surface area contributed by atoms with Gasteiger partial charge in [-0.2, -0.15) is 11.8 Å². The van der Waals surface area contributed by atoms with Crippen LogP contribution in [0.3, 0.4) is 0 Å². The second-order valence-corrected chi connectivity index (χ2v) is 8.07. The largest absolute Gasteiger partial charge is 0.398 e. The molecule has 0 aromatic heterocycles. The van der Waals surface area contributed by atoms with Gasteiger partial charge in [-0.25, -0.2) is 17.5 Å². The van der Waals surface area contributed by atoms with Crippen LogP contribution in [0.2, 0.25) is 0 Å². The Bertz CT molecular complexity index is 574. The average Bonchev–Trinajstić information content (AvgIpc) is 2.34. The molecule has 0 spiro atoms. The highest BCUT2D eigenvalue weighted by Crippen LogP contribution is 2.27. The molecule has 0 bridgehead atoms. The number of nitrogen functional groups attached to an aromatic ring is 1. The first-order valence-corrected chi connectivity index (χ1v) is 9.18. The van der Waals surface area contributed by atoms with Crippen LogP contribution in [0.25, 0.3) is 0 Å². The first-order chi connectivity index (χ1) is 8.90. The molecule has 2 rings (SSSR count). The second kappa shape index (κ2) is 5.99. The topological polar surface area (TPSA) is 72.2 Å². The molecule has 1 aliphatic rings. The quantitative estimate of drug-likeness (QED) is 0.803. The van der Waals surface area contributed by atoms with Crippen molar-refractivity contribution in [2.24, 2.45) is 0 Å². The Balaban J connectivity index is 2.26. The predicted molar refractivity (Wildman–Crippen MR) is 79.2 cm³/mol. The SMILES string of the molecule is Nc1cc(F)c(Br)cc1S(=O)(=O)NC1CCSCC1. The number of hydrogen-bond donors (Lipinski definition) is 2. The Morgan fingerprint density at radius 3 is 2.63 bits per heavy atom. The van der Waals surface area contributed by atoms with Gasteiger partial charge in [0.25, 0.3) is 0 Å². The van der Waals surface area contributed by atoms with Crippen molar-refractivity contribution < 1.29 is 12.8 Å². The van der Waals surface area contributed by atoms with Crippen molar-refractivity contribution in [2.75, 3.05) is 17.2 Å². The van der Waals surface area contributed by atoms with Crippen molar-refractivity contribution in [1.82, 2.24) is 4.72 Å². The molecule has 19 heavy (non-hydrogen) atoms. The lowest BCUT2D eigenvalue weighted by Crippen LogP contribution is -2.37. The summed E-state index contributed by atoms with van der Waals surface area (Å²) >= 11 is 4.78. The van der Waals surface area contributed by atoms with E-state index in [1.807, 2.05) is 11.8 Å². The summed E-state index contributed by atoms with van der Waals surface area (Å²) in [5, 5.41) is 0. The first-order valence-electron chi connectivity index (χ1n) is 5.75. The van der Waals surface area contributed by atoms with Gasteiger partial charge >= 0.3 is 0 Å². The monoisotopic (exact) mass is 368 g/mol. The maximum atomic E-state index is 13.3. The van der Waals surface area contributed by atoms with Gasteiger partial charge in [0.15, 0.2) is 0 Å². The van der Waals surface area contributed by atoms with Crippen LogP contribution in [-0.4, -0.2) is 26.0 Å². The third-order valence-electron chi connectivity index (χ3n) is 2.89. The molecule has 0 unspecified atom stereocenters. The van der Waals surface area contributed by atoms with Crippen molar-refractivity contribution in [3.63, 3.8) is 0 Å². The molecule has 0 radical (unpaired) electrons. The number of thioether (sulfide) groups is 1. The summed E-state index contributed by atoms with van der Waals surface area (Å²) in [4.78, 5) is -0.0843. The predicted octanol–water partition coefficient (Wildman–Crippen LogP) is 2.34. The van der Waals surface area contributed by atoms with E-state index in [-0.39, 0.29) is 21.1 Å². The average molecular weight is 369 g/mol. The van der Waals surface area contributed by atoms with E-state index in [2.05, 4.69) is 20.7 Å². The number of benzene rings is 1. The molecule has 3 N–H and O–H groups in total. The molecular weight excluding hydrogens is 355 g/mol. The fraction of sp³-hybridized carbons (Fsp3) is 0.455. The van der Waals surface area contributed by atoms with E-state index in [0.717, 1.165) is 30.4 Å². The number of nitrogens with two attached hydrogens (primary N) is 1. The lowest BCUT2D eigenvalue weighted by molar-refractivity contribution is 0.529. The minimum Gasteiger partial charge on any atom is -0.398 e. The molecule has 8 heteroatoms. The summed E-state index contributed by atoms with van der Waals surface area (Å²) < 4.78 is 40.5. The van der Waals surface area contributed by atoms with Gasteiger partial charge in [0, 0.05) is 6.04 Å². The molecule has 1 aliphatic heterocycles. The number of sulfonamides is 1. The molecule has 1 aromatic carbocycles. The van der Waals surface area contributed by atoms with E-state index < -0.39 is 15.8 Å². The van der Waals surface area contributed by atoms with Crippen LogP contribution in [0.15, 0.2) is 21.5 Å². The highest BCUT2D eigenvalue weighted by molar-refractivity contribution is 9.10. The number of anilines is 1. The van der Waals surface area contributed by atoms with Crippen LogP contribution in [-0.2, 0) is 10.0 Å². The van der Waals surface area contributed by atoms with Gasteiger partial charge in [0.05, 0.1) is 10.2 Å². The molecule has 0 saturated carbocycles. The third kappa shape index (κ3) is 3.62. The summed E-state index contributed by atoms with van der Waals surface area (Å²) in [7, 11) is -3.71. The molecule has 0 amide bonds. The molecule has 4 nitrogen and oxygen atoms in total. The van der Waals surface area contributed by atoms with Gasteiger partial charge in [-0.3, -0.25) is 0 Å². The maximum Gasteiger partial charge on any atom is 0.242 e. The van der Waals surface area contributed by atoms with E-state index >= 15 is 0 Å². The zero-order valence-corrected chi connectivity index (χ0v) is 13.2. The molecule has 1 saturated heterocycles. The lowest BCUT2D eigenvalue weighted by Gasteiger charge is -2.22. The smallest absolute Gasteiger partial charge is 0.242 e. The minimum atomic E-state index is -3.71. The number of hydrogen-bond acceptors (Lipinski definition) is 4. The van der Waals surface area contributed by atoms with Crippen LogP contribution < -0.4 is 10.5 Å². The number of rotatable bonds is 3. The Morgan fingerprint density at radius 1 is 1.37 bits per heavy atom. The fourth-order valence-electron chi connectivity index (χ4n) is 1.88. The van der Waals surface area contributed by atoms with Crippen LogP contribution >= 0.6 is 27.7 Å². The summed E-state index contributed by atoms with van der Waals surface area (Å²) in [5.41, 5.74) is 5.51. The molecule has 0 atom stereocenters. The standard InChI is InChI=1S/C11H14BrFN2O2S2/c12-8-5-11(10(14)6-9(8)13)19(16,17)15-7-1-3-18-4-2-7/h5-7,15H,1-4,14H2. The van der Waals surface area contributed by atoms with E-state index in [1.54, 1.807) is 0 Å². The highest BCUT2D eigenvalue weighted by Gasteiger charge is 2.24. The van der Waals surface area contributed by atoms with E-state index in [1.165, 1.54) is 6.07 Å². The van der Waals surface area contributed by atoms with E-state index in [4.69, 9.17) is 5.73 Å². The Hall–Kier alpha value is -0.310. The Labute approximate surface area is 124 Å². The van der Waals surface area contributed by atoms with Crippen molar-refractivity contribution in [2.45, 2.75) is 23.8 Å². The van der Waals surface area contributed by atoms with Gasteiger partial charge in [-0.05, 0) is 52.4 Å². The zero-order valence-electron chi connectivity index (χ0n) is 10.0. The van der Waals surface area contributed by atoms with Crippen LogP contribution in [0.1, 0.15) is 12.8 Å². The maximum absolute atomic E-state index is 13.3. The zero-order chi connectivity index (χ0) is 14.0. The second-order valence-electron chi connectivity index (χ2n) is 4.31. The molecule has 106 valence electrons. The van der Waals surface area contributed by atoms with Gasteiger partial charge in [0.2, 0.25) is 10.0 Å². The molecular formula is C11H14BrFN2O2S2. The van der Waals surface area contributed by atoms with Gasteiger partial charge in [-0.1, -0.05) is 0 Å². The molecule has 1 heterocycles. The van der Waals surface area contributed by atoms with Crippen molar-refractivity contribution in [3.8, 4) is 0 Å². The third-order valence-corrected chi connectivity index (χ3v) is 6.12. The van der Waals surface area contributed by atoms with E-state index in [9.17, 15) is 12.8 Å². The molecule has 1 aromatic rings. The lowest BCUT2D eigenvalue weighted by atomic mass is 10.2. The Morgan fingerprint density at radius 2 is 2.00 bits per heavy atom.